The van der Waals surface area contributed by atoms with Crippen LogP contribution in [0.5, 0.6) is 0 Å². The van der Waals surface area contributed by atoms with Crippen LogP contribution in [0.1, 0.15) is 37.8 Å². The Kier molecular flexibility index (Phi) is 7.33. The third-order valence-electron chi connectivity index (χ3n) is 3.39. The third-order valence-corrected chi connectivity index (χ3v) is 6.71. The van der Waals surface area contributed by atoms with E-state index in [0.717, 1.165) is 24.0 Å². The van der Waals surface area contributed by atoms with E-state index < -0.39 is 10.0 Å². The summed E-state index contributed by atoms with van der Waals surface area (Å²) >= 11 is 3.44. The van der Waals surface area contributed by atoms with E-state index in [4.69, 9.17) is 0 Å². The largest absolute Gasteiger partial charge is 0.316 e. The van der Waals surface area contributed by atoms with Crippen LogP contribution in [0.4, 0.5) is 0 Å². The first-order valence-electron chi connectivity index (χ1n) is 7.32. The van der Waals surface area contributed by atoms with Crippen molar-refractivity contribution < 1.29 is 8.42 Å². The number of rotatable bonds is 8. The summed E-state index contributed by atoms with van der Waals surface area (Å²) in [7, 11) is -1.61. The Morgan fingerprint density at radius 3 is 2.48 bits per heavy atom. The van der Waals surface area contributed by atoms with E-state index in [1.807, 2.05) is 27.0 Å². The monoisotopic (exact) mass is 376 g/mol. The van der Waals surface area contributed by atoms with E-state index in [1.54, 1.807) is 10.4 Å². The fourth-order valence-electron chi connectivity index (χ4n) is 2.22. The quantitative estimate of drug-likeness (QED) is 0.756. The number of hydrogen-bond donors (Lipinski definition) is 1. The predicted octanol–water partition coefficient (Wildman–Crippen LogP) is 3.29. The first kappa shape index (κ1) is 18.6. The molecule has 0 spiro atoms. The summed E-state index contributed by atoms with van der Waals surface area (Å²) in [5, 5.41) is 3.06. The average molecular weight is 377 g/mol. The van der Waals surface area contributed by atoms with Gasteiger partial charge in [-0.15, -0.1) is 0 Å². The van der Waals surface area contributed by atoms with Gasteiger partial charge in [0.25, 0.3) is 0 Å². The molecule has 0 heterocycles. The molecule has 0 atom stereocenters. The van der Waals surface area contributed by atoms with Crippen LogP contribution in [-0.4, -0.2) is 32.9 Å². The second-order valence-corrected chi connectivity index (χ2v) is 7.80. The highest BCUT2D eigenvalue weighted by Gasteiger charge is 2.26. The number of benzene rings is 1. The van der Waals surface area contributed by atoms with Crippen molar-refractivity contribution in [3.8, 4) is 0 Å². The van der Waals surface area contributed by atoms with E-state index in [-0.39, 0.29) is 0 Å². The topological polar surface area (TPSA) is 49.4 Å². The molecule has 0 bridgehead atoms. The summed E-state index contributed by atoms with van der Waals surface area (Å²) in [6.07, 6.45) is 1.85. The van der Waals surface area contributed by atoms with Crippen LogP contribution < -0.4 is 5.32 Å². The van der Waals surface area contributed by atoms with Gasteiger partial charge in [0.2, 0.25) is 10.0 Å². The van der Waals surface area contributed by atoms with Gasteiger partial charge >= 0.3 is 0 Å². The summed E-state index contributed by atoms with van der Waals surface area (Å²) in [5.41, 5.74) is 1.91. The molecular formula is C15H25BrN2O2S. The molecule has 1 rings (SSSR count). The molecule has 0 radical (unpaired) electrons. The number of sulfonamides is 1. The zero-order valence-electron chi connectivity index (χ0n) is 13.2. The van der Waals surface area contributed by atoms with Gasteiger partial charge in [0.05, 0.1) is 4.90 Å². The van der Waals surface area contributed by atoms with Crippen molar-refractivity contribution in [2.24, 2.45) is 0 Å². The molecule has 120 valence electrons. The van der Waals surface area contributed by atoms with E-state index in [1.165, 1.54) is 0 Å². The van der Waals surface area contributed by atoms with Crippen LogP contribution in [0.3, 0.4) is 0 Å². The van der Waals surface area contributed by atoms with E-state index in [0.29, 0.717) is 29.0 Å². The molecule has 0 fully saturated rings. The lowest BCUT2D eigenvalue weighted by molar-refractivity contribution is 0.418. The molecule has 0 saturated heterocycles. The number of unbranched alkanes of at least 4 members (excludes halogenated alkanes) is 1. The molecule has 1 aromatic carbocycles. The van der Waals surface area contributed by atoms with Gasteiger partial charge in [-0.1, -0.05) is 26.3 Å². The molecule has 0 aliphatic rings. The Labute approximate surface area is 137 Å². The van der Waals surface area contributed by atoms with Gasteiger partial charge in [0.15, 0.2) is 0 Å². The van der Waals surface area contributed by atoms with E-state index >= 15 is 0 Å². The maximum atomic E-state index is 12.9. The zero-order valence-corrected chi connectivity index (χ0v) is 15.6. The minimum Gasteiger partial charge on any atom is -0.316 e. The molecule has 4 nitrogen and oxygen atoms in total. The van der Waals surface area contributed by atoms with Gasteiger partial charge in [0, 0.05) is 24.1 Å². The lowest BCUT2D eigenvalue weighted by Gasteiger charge is -2.22. The fraction of sp³-hybridized carbons (Fsp3) is 0.600. The molecule has 1 N–H and O–H groups in total. The van der Waals surface area contributed by atoms with Gasteiger partial charge < -0.3 is 5.32 Å². The molecule has 0 aliphatic heterocycles. The Morgan fingerprint density at radius 2 is 1.95 bits per heavy atom. The number of nitrogens with zero attached hydrogens (tertiary/aromatic N) is 1. The molecule has 0 unspecified atom stereocenters. The molecule has 0 amide bonds. The second kappa shape index (κ2) is 8.27. The van der Waals surface area contributed by atoms with Crippen molar-refractivity contribution in [3.63, 3.8) is 0 Å². The van der Waals surface area contributed by atoms with Crippen molar-refractivity contribution in [1.82, 2.24) is 9.62 Å². The van der Waals surface area contributed by atoms with Crippen molar-refractivity contribution in [1.29, 1.82) is 0 Å². The normalized spacial score (nSPS) is 12.1. The van der Waals surface area contributed by atoms with Crippen molar-refractivity contribution in [2.45, 2.75) is 45.1 Å². The summed E-state index contributed by atoms with van der Waals surface area (Å²) < 4.78 is 28.0. The smallest absolute Gasteiger partial charge is 0.244 e. The molecule has 21 heavy (non-hydrogen) atoms. The Hall–Kier alpha value is -0.430. The van der Waals surface area contributed by atoms with Gasteiger partial charge in [-0.3, -0.25) is 0 Å². The summed E-state index contributed by atoms with van der Waals surface area (Å²) in [5.74, 6) is 0. The van der Waals surface area contributed by atoms with Crippen LogP contribution in [0.2, 0.25) is 0 Å². The van der Waals surface area contributed by atoms with Crippen LogP contribution in [0.25, 0.3) is 0 Å². The molecular weight excluding hydrogens is 352 g/mol. The lowest BCUT2D eigenvalue weighted by Crippen LogP contribution is -2.32. The Bertz CT molecular complexity index is 573. The number of halogens is 1. The lowest BCUT2D eigenvalue weighted by atomic mass is 10.1. The highest BCUT2D eigenvalue weighted by atomic mass is 79.9. The maximum Gasteiger partial charge on any atom is 0.244 e. The van der Waals surface area contributed by atoms with Crippen molar-refractivity contribution >= 4 is 26.0 Å². The van der Waals surface area contributed by atoms with E-state index in [2.05, 4.69) is 28.2 Å². The Balaban J connectivity index is 3.28. The highest BCUT2D eigenvalue weighted by Crippen LogP contribution is 2.29. The number of hydrogen-bond acceptors (Lipinski definition) is 3. The third kappa shape index (κ3) is 4.52. The van der Waals surface area contributed by atoms with Crippen molar-refractivity contribution in [3.05, 3.63) is 27.7 Å². The molecule has 0 aliphatic carbocycles. The standard InChI is InChI=1S/C15H25BrN2O2S/c1-5-7-8-18(6-2)21(19,20)14-10-13(11-17-4)9-12(3)15(14)16/h9-10,17H,5-8,11H2,1-4H3. The SMILES string of the molecule is CCCCN(CC)S(=O)(=O)c1cc(CNC)cc(C)c1Br. The summed E-state index contributed by atoms with van der Waals surface area (Å²) in [4.78, 5) is 0.366. The van der Waals surface area contributed by atoms with Crippen molar-refractivity contribution in [2.75, 3.05) is 20.1 Å². The molecule has 1 aromatic rings. The van der Waals surface area contributed by atoms with Gasteiger partial charge in [-0.05, 0) is 53.5 Å². The summed E-state index contributed by atoms with van der Waals surface area (Å²) in [6, 6.07) is 3.76. The second-order valence-electron chi connectivity index (χ2n) is 5.11. The van der Waals surface area contributed by atoms with Crippen LogP contribution in [0.15, 0.2) is 21.5 Å². The van der Waals surface area contributed by atoms with Crippen LogP contribution in [0, 0.1) is 6.92 Å². The number of nitrogens with one attached hydrogen (secondary N) is 1. The molecule has 6 heteroatoms. The van der Waals surface area contributed by atoms with Crippen LogP contribution in [-0.2, 0) is 16.6 Å². The van der Waals surface area contributed by atoms with Crippen LogP contribution >= 0.6 is 15.9 Å². The van der Waals surface area contributed by atoms with Gasteiger partial charge in [-0.25, -0.2) is 8.42 Å². The summed E-state index contributed by atoms with van der Waals surface area (Å²) in [6.45, 7) is 7.57. The minimum absolute atomic E-state index is 0.366. The zero-order chi connectivity index (χ0) is 16.0. The number of aryl methyl sites for hydroxylation is 1. The minimum atomic E-state index is -3.46. The molecule has 0 aromatic heterocycles. The first-order chi connectivity index (χ1) is 9.88. The van der Waals surface area contributed by atoms with E-state index in [9.17, 15) is 8.42 Å². The Morgan fingerprint density at radius 1 is 1.29 bits per heavy atom. The fourth-order valence-corrected chi connectivity index (χ4v) is 4.74. The highest BCUT2D eigenvalue weighted by molar-refractivity contribution is 9.10. The van der Waals surface area contributed by atoms with Gasteiger partial charge in [0.1, 0.15) is 0 Å². The average Bonchev–Trinajstić information content (AvgIpc) is 2.43. The first-order valence-corrected chi connectivity index (χ1v) is 9.55. The maximum absolute atomic E-state index is 12.9. The van der Waals surface area contributed by atoms with Gasteiger partial charge in [-0.2, -0.15) is 4.31 Å². The molecule has 0 saturated carbocycles. The predicted molar refractivity (Wildman–Crippen MR) is 91.0 cm³/mol.